The van der Waals surface area contributed by atoms with Crippen molar-refractivity contribution in [3.8, 4) is 0 Å². The molecule has 0 heterocycles. The Bertz CT molecular complexity index is 386. The summed E-state index contributed by atoms with van der Waals surface area (Å²) >= 11 is 0. The maximum atomic E-state index is 11.3. The lowest BCUT2D eigenvalue weighted by molar-refractivity contribution is 0.253. The van der Waals surface area contributed by atoms with E-state index in [0.717, 1.165) is 5.56 Å². The largest absolute Gasteiger partial charge is 0.409 e. The van der Waals surface area contributed by atoms with E-state index in [4.69, 9.17) is 10.9 Å². The quantitative estimate of drug-likeness (QED) is 0.264. The van der Waals surface area contributed by atoms with Gasteiger partial charge in [-0.2, -0.15) is 0 Å². The second-order valence-corrected chi connectivity index (χ2v) is 3.27. The van der Waals surface area contributed by atoms with Crippen LogP contribution in [0.1, 0.15) is 5.56 Å². The van der Waals surface area contributed by atoms with E-state index in [1.54, 1.807) is 12.1 Å². The van der Waals surface area contributed by atoms with Gasteiger partial charge in [0.05, 0.1) is 6.54 Å². The molecule has 6 heteroatoms. The molecule has 0 aromatic heterocycles. The lowest BCUT2D eigenvalue weighted by atomic mass is 10.2. The van der Waals surface area contributed by atoms with E-state index in [0.29, 0.717) is 5.69 Å². The maximum absolute atomic E-state index is 11.3. The Hall–Kier alpha value is -2.24. The summed E-state index contributed by atoms with van der Waals surface area (Å²) in [6.07, 6.45) is 0. The number of urea groups is 1. The van der Waals surface area contributed by atoms with E-state index in [1.807, 2.05) is 19.1 Å². The van der Waals surface area contributed by atoms with Crippen molar-refractivity contribution >= 4 is 17.6 Å². The van der Waals surface area contributed by atoms with Crippen LogP contribution in [0.5, 0.6) is 0 Å². The molecule has 5 N–H and O–H groups in total. The van der Waals surface area contributed by atoms with Crippen molar-refractivity contribution in [1.82, 2.24) is 5.32 Å². The molecule has 0 fully saturated rings. The average Bonchev–Trinajstić information content (AvgIpc) is 2.29. The summed E-state index contributed by atoms with van der Waals surface area (Å²) in [6.45, 7) is 1.95. The normalized spacial score (nSPS) is 10.9. The van der Waals surface area contributed by atoms with Crippen LogP contribution in [0.2, 0.25) is 0 Å². The Morgan fingerprint density at radius 3 is 2.62 bits per heavy atom. The molecule has 0 spiro atoms. The third-order valence-corrected chi connectivity index (χ3v) is 1.87. The summed E-state index contributed by atoms with van der Waals surface area (Å²) in [4.78, 5) is 11.3. The molecule has 0 radical (unpaired) electrons. The highest BCUT2D eigenvalue weighted by Crippen LogP contribution is 2.07. The van der Waals surface area contributed by atoms with Crippen LogP contribution in [-0.4, -0.2) is 23.6 Å². The van der Waals surface area contributed by atoms with Gasteiger partial charge in [-0.25, -0.2) is 4.79 Å². The fraction of sp³-hybridized carbons (Fsp3) is 0.200. The van der Waals surface area contributed by atoms with Gasteiger partial charge in [0, 0.05) is 5.69 Å². The van der Waals surface area contributed by atoms with Crippen LogP contribution < -0.4 is 16.4 Å². The molecule has 2 amide bonds. The van der Waals surface area contributed by atoms with Crippen LogP contribution >= 0.6 is 0 Å². The van der Waals surface area contributed by atoms with Gasteiger partial charge < -0.3 is 21.6 Å². The zero-order valence-electron chi connectivity index (χ0n) is 8.90. The fourth-order valence-corrected chi connectivity index (χ4v) is 1.02. The third-order valence-electron chi connectivity index (χ3n) is 1.87. The molecule has 0 aliphatic rings. The zero-order chi connectivity index (χ0) is 12.0. The standard InChI is InChI=1S/C10H14N4O2/c1-7-2-4-8(5-3-7)13-10(15)12-6-9(11)14-16/h2-5,16H,6H2,1H3,(H2,11,14)(H2,12,13,15). The maximum Gasteiger partial charge on any atom is 0.319 e. The highest BCUT2D eigenvalue weighted by atomic mass is 16.4. The molecule has 86 valence electrons. The van der Waals surface area contributed by atoms with Gasteiger partial charge in [0.15, 0.2) is 5.84 Å². The van der Waals surface area contributed by atoms with Crippen molar-refractivity contribution in [3.63, 3.8) is 0 Å². The lowest BCUT2D eigenvalue weighted by Crippen LogP contribution is -2.36. The Kier molecular flexibility index (Phi) is 4.14. The summed E-state index contributed by atoms with van der Waals surface area (Å²) in [5.74, 6) is -0.0564. The Morgan fingerprint density at radius 2 is 2.06 bits per heavy atom. The molecular formula is C10H14N4O2. The second-order valence-electron chi connectivity index (χ2n) is 3.27. The minimum Gasteiger partial charge on any atom is -0.409 e. The molecule has 0 saturated heterocycles. The number of nitrogens with one attached hydrogen (secondary N) is 2. The minimum atomic E-state index is -0.407. The number of rotatable bonds is 3. The molecule has 0 saturated carbocycles. The number of anilines is 1. The predicted octanol–water partition coefficient (Wildman–Crippen LogP) is 0.863. The Labute approximate surface area is 93.1 Å². The van der Waals surface area contributed by atoms with Crippen molar-refractivity contribution in [2.45, 2.75) is 6.92 Å². The first-order valence-corrected chi connectivity index (χ1v) is 4.69. The van der Waals surface area contributed by atoms with E-state index in [-0.39, 0.29) is 12.4 Å². The number of hydrogen-bond donors (Lipinski definition) is 4. The van der Waals surface area contributed by atoms with E-state index in [2.05, 4.69) is 15.8 Å². The Morgan fingerprint density at radius 1 is 1.44 bits per heavy atom. The van der Waals surface area contributed by atoms with Gasteiger partial charge in [0.2, 0.25) is 0 Å². The fourth-order valence-electron chi connectivity index (χ4n) is 1.02. The number of nitrogens with two attached hydrogens (primary N) is 1. The summed E-state index contributed by atoms with van der Waals surface area (Å²) in [7, 11) is 0. The van der Waals surface area contributed by atoms with E-state index in [1.165, 1.54) is 0 Å². The highest BCUT2D eigenvalue weighted by Gasteiger charge is 2.01. The van der Waals surface area contributed by atoms with Crippen molar-refractivity contribution < 1.29 is 10.0 Å². The number of amidine groups is 1. The van der Waals surface area contributed by atoms with E-state index >= 15 is 0 Å². The summed E-state index contributed by atoms with van der Waals surface area (Å²) in [6, 6.07) is 6.95. The van der Waals surface area contributed by atoms with Gasteiger partial charge in [-0.1, -0.05) is 22.9 Å². The van der Waals surface area contributed by atoms with Crippen LogP contribution in [0.15, 0.2) is 29.4 Å². The molecule has 1 rings (SSSR count). The average molecular weight is 222 g/mol. The monoisotopic (exact) mass is 222 g/mol. The SMILES string of the molecule is Cc1ccc(NC(=O)NC/C(N)=N/O)cc1. The summed E-state index contributed by atoms with van der Waals surface area (Å²) < 4.78 is 0. The molecular weight excluding hydrogens is 208 g/mol. The number of amides is 2. The zero-order valence-corrected chi connectivity index (χ0v) is 8.90. The van der Waals surface area contributed by atoms with Crippen molar-refractivity contribution in [1.29, 1.82) is 0 Å². The first-order chi connectivity index (χ1) is 7.61. The number of benzene rings is 1. The summed E-state index contributed by atoms with van der Waals surface area (Å²) in [5.41, 5.74) is 6.99. The van der Waals surface area contributed by atoms with Crippen molar-refractivity contribution in [2.75, 3.05) is 11.9 Å². The van der Waals surface area contributed by atoms with Crippen molar-refractivity contribution in [3.05, 3.63) is 29.8 Å². The van der Waals surface area contributed by atoms with Gasteiger partial charge in [-0.3, -0.25) is 0 Å². The smallest absolute Gasteiger partial charge is 0.319 e. The molecule has 0 atom stereocenters. The van der Waals surface area contributed by atoms with Crippen LogP contribution in [0, 0.1) is 6.92 Å². The third kappa shape index (κ3) is 3.87. The lowest BCUT2D eigenvalue weighted by Gasteiger charge is -2.06. The predicted molar refractivity (Wildman–Crippen MR) is 61.6 cm³/mol. The van der Waals surface area contributed by atoms with Gasteiger partial charge in [-0.05, 0) is 19.1 Å². The van der Waals surface area contributed by atoms with Crippen LogP contribution in [0.4, 0.5) is 10.5 Å². The number of aryl methyl sites for hydroxylation is 1. The van der Waals surface area contributed by atoms with Crippen LogP contribution in [0.3, 0.4) is 0 Å². The van der Waals surface area contributed by atoms with Crippen molar-refractivity contribution in [2.24, 2.45) is 10.9 Å². The molecule has 1 aromatic rings. The van der Waals surface area contributed by atoms with Crippen LogP contribution in [-0.2, 0) is 0 Å². The van der Waals surface area contributed by atoms with E-state index in [9.17, 15) is 4.79 Å². The minimum absolute atomic E-state index is 0.00576. The Balaban J connectivity index is 2.43. The highest BCUT2D eigenvalue weighted by molar-refractivity contribution is 5.92. The van der Waals surface area contributed by atoms with Gasteiger partial charge in [0.25, 0.3) is 0 Å². The molecule has 0 unspecified atom stereocenters. The number of hydrogen-bond acceptors (Lipinski definition) is 3. The number of nitrogens with zero attached hydrogens (tertiary/aromatic N) is 1. The van der Waals surface area contributed by atoms with Crippen LogP contribution in [0.25, 0.3) is 0 Å². The van der Waals surface area contributed by atoms with Gasteiger partial charge >= 0.3 is 6.03 Å². The summed E-state index contributed by atoms with van der Waals surface area (Å²) in [5, 5.41) is 16.0. The molecule has 6 nitrogen and oxygen atoms in total. The van der Waals surface area contributed by atoms with Gasteiger partial charge in [-0.15, -0.1) is 0 Å². The number of oxime groups is 1. The molecule has 16 heavy (non-hydrogen) atoms. The number of carbonyl (C=O) groups excluding carboxylic acids is 1. The van der Waals surface area contributed by atoms with Gasteiger partial charge in [0.1, 0.15) is 0 Å². The molecule has 0 aliphatic heterocycles. The first-order valence-electron chi connectivity index (χ1n) is 4.69. The molecule has 0 bridgehead atoms. The molecule has 0 aliphatic carbocycles. The van der Waals surface area contributed by atoms with E-state index < -0.39 is 6.03 Å². The topological polar surface area (TPSA) is 99.7 Å². The molecule has 1 aromatic carbocycles. The number of carbonyl (C=O) groups is 1. The first kappa shape index (κ1) is 11.8. The second kappa shape index (κ2) is 5.59.